The van der Waals surface area contributed by atoms with Gasteiger partial charge in [-0.3, -0.25) is 9.59 Å². The standard InChI is InChI=1S/C14H11N3O2/c1-9(18)6-14(10(7-15)8-16)11-4-2-3-5-12(11)17-13(14)19/h2-5,10H,6H2,1H3,(H,17,19). The van der Waals surface area contributed by atoms with E-state index in [1.54, 1.807) is 24.3 Å². The lowest BCUT2D eigenvalue weighted by molar-refractivity contribution is -0.127. The molecule has 1 N–H and O–H groups in total. The zero-order chi connectivity index (χ0) is 14.0. The summed E-state index contributed by atoms with van der Waals surface area (Å²) < 4.78 is 0. The van der Waals surface area contributed by atoms with E-state index in [0.29, 0.717) is 11.3 Å². The van der Waals surface area contributed by atoms with E-state index in [4.69, 9.17) is 10.5 Å². The van der Waals surface area contributed by atoms with Gasteiger partial charge in [0, 0.05) is 12.1 Å². The Kier molecular flexibility index (Phi) is 3.06. The number of nitrogens with zero attached hydrogens (tertiary/aromatic N) is 2. The van der Waals surface area contributed by atoms with E-state index in [1.165, 1.54) is 6.92 Å². The highest BCUT2D eigenvalue weighted by atomic mass is 16.2. The van der Waals surface area contributed by atoms with Gasteiger partial charge in [-0.1, -0.05) is 18.2 Å². The van der Waals surface area contributed by atoms with Gasteiger partial charge in [-0.05, 0) is 18.6 Å². The van der Waals surface area contributed by atoms with Gasteiger partial charge < -0.3 is 5.32 Å². The van der Waals surface area contributed by atoms with Crippen molar-refractivity contribution in [3.8, 4) is 12.1 Å². The van der Waals surface area contributed by atoms with Gasteiger partial charge in [-0.2, -0.15) is 10.5 Å². The third kappa shape index (κ3) is 1.76. The molecule has 94 valence electrons. The van der Waals surface area contributed by atoms with E-state index >= 15 is 0 Å². The summed E-state index contributed by atoms with van der Waals surface area (Å²) in [6.45, 7) is 1.35. The number of benzene rings is 1. The Morgan fingerprint density at radius 3 is 2.58 bits per heavy atom. The van der Waals surface area contributed by atoms with E-state index in [1.807, 2.05) is 12.1 Å². The molecule has 0 bridgehead atoms. The van der Waals surface area contributed by atoms with Crippen molar-refractivity contribution in [1.82, 2.24) is 0 Å². The van der Waals surface area contributed by atoms with E-state index in [9.17, 15) is 9.59 Å². The first-order valence-electron chi connectivity index (χ1n) is 5.76. The van der Waals surface area contributed by atoms with Gasteiger partial charge in [0.05, 0.1) is 12.1 Å². The Hall–Kier alpha value is -2.66. The fraction of sp³-hybridized carbons (Fsp3) is 0.286. The van der Waals surface area contributed by atoms with Crippen LogP contribution in [0.25, 0.3) is 0 Å². The highest BCUT2D eigenvalue weighted by molar-refractivity contribution is 6.09. The molecule has 1 unspecified atom stereocenters. The number of nitriles is 2. The summed E-state index contributed by atoms with van der Waals surface area (Å²) in [7, 11) is 0. The topological polar surface area (TPSA) is 93.8 Å². The molecule has 19 heavy (non-hydrogen) atoms. The molecule has 1 aliphatic heterocycles. The third-order valence-electron chi connectivity index (χ3n) is 3.34. The van der Waals surface area contributed by atoms with Crippen LogP contribution in [-0.2, 0) is 15.0 Å². The van der Waals surface area contributed by atoms with Gasteiger partial charge >= 0.3 is 0 Å². The second-order valence-electron chi connectivity index (χ2n) is 4.54. The van der Waals surface area contributed by atoms with E-state index < -0.39 is 17.2 Å². The minimum atomic E-state index is -1.40. The maximum absolute atomic E-state index is 12.3. The van der Waals surface area contributed by atoms with Crippen LogP contribution >= 0.6 is 0 Å². The average Bonchev–Trinajstić information content (AvgIpc) is 2.64. The molecule has 0 aliphatic carbocycles. The zero-order valence-corrected chi connectivity index (χ0v) is 10.3. The number of para-hydroxylation sites is 1. The summed E-state index contributed by atoms with van der Waals surface area (Å²) in [5, 5.41) is 20.9. The van der Waals surface area contributed by atoms with Gasteiger partial charge in [0.1, 0.15) is 11.2 Å². The minimum absolute atomic E-state index is 0.151. The van der Waals surface area contributed by atoms with E-state index in [0.717, 1.165) is 0 Å². The number of nitrogens with one attached hydrogen (secondary N) is 1. The molecule has 1 aliphatic rings. The van der Waals surface area contributed by atoms with Crippen LogP contribution in [-0.4, -0.2) is 11.7 Å². The van der Waals surface area contributed by atoms with Crippen molar-refractivity contribution in [3.05, 3.63) is 29.8 Å². The number of carbonyl (C=O) groups excluding carboxylic acids is 2. The molecule has 2 rings (SSSR count). The van der Waals surface area contributed by atoms with E-state index in [-0.39, 0.29) is 12.2 Å². The van der Waals surface area contributed by atoms with Crippen LogP contribution in [0.4, 0.5) is 5.69 Å². The van der Waals surface area contributed by atoms with Gasteiger partial charge in [0.25, 0.3) is 0 Å². The number of carbonyl (C=O) groups is 2. The number of anilines is 1. The predicted octanol–water partition coefficient (Wildman–Crippen LogP) is 1.52. The highest BCUT2D eigenvalue weighted by Crippen LogP contribution is 2.45. The Morgan fingerprint density at radius 1 is 1.37 bits per heavy atom. The lowest BCUT2D eigenvalue weighted by Gasteiger charge is -2.26. The maximum atomic E-state index is 12.3. The fourth-order valence-corrected chi connectivity index (χ4v) is 2.54. The molecule has 0 aromatic heterocycles. The van der Waals surface area contributed by atoms with Gasteiger partial charge in [-0.25, -0.2) is 0 Å². The second-order valence-corrected chi connectivity index (χ2v) is 4.54. The van der Waals surface area contributed by atoms with Crippen LogP contribution in [0.2, 0.25) is 0 Å². The summed E-state index contributed by atoms with van der Waals surface area (Å²) in [4.78, 5) is 23.8. The smallest absolute Gasteiger partial charge is 0.238 e. The second kappa shape index (κ2) is 4.55. The van der Waals surface area contributed by atoms with Crippen molar-refractivity contribution in [2.45, 2.75) is 18.8 Å². The van der Waals surface area contributed by atoms with Gasteiger partial charge in [0.2, 0.25) is 5.91 Å². The number of amides is 1. The molecule has 1 amide bonds. The molecule has 0 fully saturated rings. The summed E-state index contributed by atoms with van der Waals surface area (Å²) in [5.74, 6) is -1.89. The molecule has 0 saturated carbocycles. The van der Waals surface area contributed by atoms with Crippen LogP contribution in [0, 0.1) is 28.6 Å². The number of fused-ring (bicyclic) bond motifs is 1. The maximum Gasteiger partial charge on any atom is 0.238 e. The Balaban J connectivity index is 2.69. The van der Waals surface area contributed by atoms with Gasteiger partial charge in [-0.15, -0.1) is 0 Å². The van der Waals surface area contributed by atoms with Crippen molar-refractivity contribution in [3.63, 3.8) is 0 Å². The lowest BCUT2D eigenvalue weighted by Crippen LogP contribution is -2.42. The zero-order valence-electron chi connectivity index (χ0n) is 10.3. The average molecular weight is 253 g/mol. The van der Waals surface area contributed by atoms with Crippen LogP contribution in [0.1, 0.15) is 18.9 Å². The molecule has 1 heterocycles. The SMILES string of the molecule is CC(=O)CC1(C(C#N)C#N)C(=O)Nc2ccccc21. The number of hydrogen-bond donors (Lipinski definition) is 1. The van der Waals surface area contributed by atoms with Crippen molar-refractivity contribution in [1.29, 1.82) is 10.5 Å². The van der Waals surface area contributed by atoms with Crippen molar-refractivity contribution in [2.75, 3.05) is 5.32 Å². The molecule has 0 spiro atoms. The van der Waals surface area contributed by atoms with Crippen LogP contribution < -0.4 is 5.32 Å². The van der Waals surface area contributed by atoms with Crippen molar-refractivity contribution < 1.29 is 9.59 Å². The Labute approximate surface area is 110 Å². The summed E-state index contributed by atoms with van der Waals surface area (Å²) in [5.41, 5.74) is -0.293. The molecule has 1 aromatic carbocycles. The predicted molar refractivity (Wildman–Crippen MR) is 66.8 cm³/mol. The van der Waals surface area contributed by atoms with Crippen LogP contribution in [0.3, 0.4) is 0 Å². The van der Waals surface area contributed by atoms with E-state index in [2.05, 4.69) is 5.32 Å². The highest BCUT2D eigenvalue weighted by Gasteiger charge is 2.53. The number of rotatable bonds is 3. The number of hydrogen-bond acceptors (Lipinski definition) is 4. The molecule has 0 radical (unpaired) electrons. The first kappa shape index (κ1) is 12.8. The first-order chi connectivity index (χ1) is 9.06. The third-order valence-corrected chi connectivity index (χ3v) is 3.34. The Morgan fingerprint density at radius 2 is 2.00 bits per heavy atom. The summed E-state index contributed by atoms with van der Waals surface area (Å²) in [6.07, 6.45) is -0.151. The summed E-state index contributed by atoms with van der Waals surface area (Å²) >= 11 is 0. The minimum Gasteiger partial charge on any atom is -0.325 e. The molecule has 5 heteroatoms. The lowest BCUT2D eigenvalue weighted by atomic mass is 9.69. The van der Waals surface area contributed by atoms with Crippen LogP contribution in [0.15, 0.2) is 24.3 Å². The molecular weight excluding hydrogens is 242 g/mol. The molecule has 0 saturated heterocycles. The number of ketones is 1. The van der Waals surface area contributed by atoms with Crippen molar-refractivity contribution in [2.24, 2.45) is 5.92 Å². The van der Waals surface area contributed by atoms with Crippen molar-refractivity contribution >= 4 is 17.4 Å². The first-order valence-corrected chi connectivity index (χ1v) is 5.76. The quantitative estimate of drug-likeness (QED) is 0.883. The molecule has 1 atom stereocenters. The normalized spacial score (nSPS) is 20.3. The van der Waals surface area contributed by atoms with Gasteiger partial charge in [0.15, 0.2) is 5.92 Å². The largest absolute Gasteiger partial charge is 0.325 e. The molecule has 1 aromatic rings. The molecular formula is C14H11N3O2. The van der Waals surface area contributed by atoms with Crippen LogP contribution in [0.5, 0.6) is 0 Å². The monoisotopic (exact) mass is 253 g/mol. The summed E-state index contributed by atoms with van der Waals surface area (Å²) in [6, 6.07) is 10.5. The molecule has 5 nitrogen and oxygen atoms in total. The Bertz CT molecular complexity index is 625. The fourth-order valence-electron chi connectivity index (χ4n) is 2.54. The number of Topliss-reactive ketones (excluding diaryl/α,β-unsaturated/α-hetero) is 1.